The highest BCUT2D eigenvalue weighted by molar-refractivity contribution is 5.67. The van der Waals surface area contributed by atoms with E-state index in [0.29, 0.717) is 39.0 Å². The van der Waals surface area contributed by atoms with Gasteiger partial charge in [-0.25, -0.2) is 8.78 Å². The van der Waals surface area contributed by atoms with Crippen LogP contribution in [0.1, 0.15) is 36.8 Å². The van der Waals surface area contributed by atoms with Crippen LogP contribution < -0.4 is 0 Å². The van der Waals surface area contributed by atoms with E-state index in [1.807, 2.05) is 48.5 Å². The highest BCUT2D eigenvalue weighted by atomic mass is 19.3. The van der Waals surface area contributed by atoms with Crippen LogP contribution in [0.5, 0.6) is 0 Å². The van der Waals surface area contributed by atoms with Crippen LogP contribution in [0.15, 0.2) is 60.7 Å². The minimum Gasteiger partial charge on any atom is -0.481 e. The molecule has 6 heteroatoms. The van der Waals surface area contributed by atoms with Crippen molar-refractivity contribution in [3.63, 3.8) is 0 Å². The van der Waals surface area contributed by atoms with Crippen LogP contribution in [0.25, 0.3) is 0 Å². The molecular formula is C25H32F2N2O2. The number of likely N-dealkylation sites (tertiary alicyclic amines) is 1. The van der Waals surface area contributed by atoms with Crippen molar-refractivity contribution >= 4 is 5.97 Å². The number of benzene rings is 2. The fourth-order valence-corrected chi connectivity index (χ4v) is 4.31. The number of halogens is 2. The molecule has 1 aliphatic rings. The summed E-state index contributed by atoms with van der Waals surface area (Å²) < 4.78 is 27.6. The summed E-state index contributed by atoms with van der Waals surface area (Å²) in [6.45, 7) is 2.27. The van der Waals surface area contributed by atoms with Gasteiger partial charge >= 0.3 is 5.97 Å². The van der Waals surface area contributed by atoms with E-state index in [-0.39, 0.29) is 25.4 Å². The molecule has 1 saturated heterocycles. The molecular weight excluding hydrogens is 398 g/mol. The molecule has 0 radical (unpaired) electrons. The number of piperidine rings is 1. The first-order valence-electron chi connectivity index (χ1n) is 11.1. The molecule has 1 heterocycles. The third-order valence-electron chi connectivity index (χ3n) is 5.94. The average Bonchev–Trinajstić information content (AvgIpc) is 2.75. The Morgan fingerprint density at radius 3 is 2.32 bits per heavy atom. The maximum absolute atomic E-state index is 13.8. The van der Waals surface area contributed by atoms with Crippen LogP contribution in [-0.2, 0) is 17.8 Å². The predicted molar refractivity (Wildman–Crippen MR) is 118 cm³/mol. The van der Waals surface area contributed by atoms with Crippen LogP contribution in [-0.4, -0.2) is 59.0 Å². The normalized spacial score (nSPS) is 17.5. The number of carbonyl (C=O) groups is 1. The summed E-state index contributed by atoms with van der Waals surface area (Å²) in [7, 11) is 0. The first-order chi connectivity index (χ1) is 14.9. The van der Waals surface area contributed by atoms with Crippen molar-refractivity contribution in [1.82, 2.24) is 9.80 Å². The number of carboxylic acid groups (broad SMARTS) is 1. The molecule has 0 aliphatic carbocycles. The van der Waals surface area contributed by atoms with Gasteiger partial charge in [-0.2, -0.15) is 0 Å². The monoisotopic (exact) mass is 430 g/mol. The second kappa shape index (κ2) is 11.3. The van der Waals surface area contributed by atoms with E-state index in [4.69, 9.17) is 0 Å². The molecule has 2 aromatic rings. The zero-order valence-electron chi connectivity index (χ0n) is 17.9. The highest BCUT2D eigenvalue weighted by Crippen LogP contribution is 2.27. The largest absolute Gasteiger partial charge is 0.481 e. The highest BCUT2D eigenvalue weighted by Gasteiger charge is 2.35. The fraction of sp³-hybridized carbons (Fsp3) is 0.480. The number of alkyl halides is 2. The average molecular weight is 431 g/mol. The van der Waals surface area contributed by atoms with Crippen molar-refractivity contribution in [2.24, 2.45) is 0 Å². The zero-order valence-corrected chi connectivity index (χ0v) is 17.9. The van der Waals surface area contributed by atoms with Crippen LogP contribution in [0, 0.1) is 0 Å². The molecule has 1 fully saturated rings. The van der Waals surface area contributed by atoms with Crippen molar-refractivity contribution in [1.29, 1.82) is 0 Å². The van der Waals surface area contributed by atoms with Gasteiger partial charge < -0.3 is 5.11 Å². The second-order valence-corrected chi connectivity index (χ2v) is 8.47. The number of nitrogens with zero attached hydrogens (tertiary/aromatic N) is 2. The van der Waals surface area contributed by atoms with Gasteiger partial charge in [0.15, 0.2) is 0 Å². The molecule has 1 N–H and O–H groups in total. The zero-order chi connectivity index (χ0) is 22.1. The molecule has 0 spiro atoms. The third kappa shape index (κ3) is 8.04. The van der Waals surface area contributed by atoms with E-state index in [9.17, 15) is 18.7 Å². The molecule has 0 aromatic heterocycles. The van der Waals surface area contributed by atoms with Crippen LogP contribution >= 0.6 is 0 Å². The molecule has 4 nitrogen and oxygen atoms in total. The minimum atomic E-state index is -2.64. The summed E-state index contributed by atoms with van der Waals surface area (Å²) in [5.41, 5.74) is 2.32. The molecule has 31 heavy (non-hydrogen) atoms. The molecule has 0 amide bonds. The van der Waals surface area contributed by atoms with Gasteiger partial charge in [0.1, 0.15) is 0 Å². The van der Waals surface area contributed by atoms with Gasteiger partial charge in [0.2, 0.25) is 0 Å². The summed E-state index contributed by atoms with van der Waals surface area (Å²) in [6, 6.07) is 19.9. The summed E-state index contributed by atoms with van der Waals surface area (Å²) in [5.74, 6) is -3.50. The standard InChI is InChI=1S/C25H32F2N2O2/c26-25(27)14-7-15-28(20-25)16-13-23(18-24(30)31)29(19-22-10-5-2-6-11-22)17-12-21-8-3-1-4-9-21/h1-6,8-11,23H,7,12-20H2,(H,30,31). The van der Waals surface area contributed by atoms with E-state index in [0.717, 1.165) is 12.0 Å². The van der Waals surface area contributed by atoms with E-state index in [1.54, 1.807) is 4.90 Å². The first-order valence-corrected chi connectivity index (χ1v) is 11.1. The van der Waals surface area contributed by atoms with Gasteiger partial charge in [0.05, 0.1) is 13.0 Å². The van der Waals surface area contributed by atoms with E-state index in [2.05, 4.69) is 17.0 Å². The Balaban J connectivity index is 1.70. The second-order valence-electron chi connectivity index (χ2n) is 8.47. The Kier molecular flexibility index (Phi) is 8.55. The van der Waals surface area contributed by atoms with Crippen LogP contribution in [0.2, 0.25) is 0 Å². The Bertz CT molecular complexity index is 802. The Morgan fingerprint density at radius 2 is 1.71 bits per heavy atom. The number of rotatable bonds is 11. The molecule has 1 atom stereocenters. The molecule has 0 saturated carbocycles. The van der Waals surface area contributed by atoms with Gasteiger partial charge in [-0.1, -0.05) is 60.7 Å². The third-order valence-corrected chi connectivity index (χ3v) is 5.94. The molecule has 168 valence electrons. The van der Waals surface area contributed by atoms with E-state index >= 15 is 0 Å². The lowest BCUT2D eigenvalue weighted by molar-refractivity contribution is -0.138. The van der Waals surface area contributed by atoms with Gasteiger partial charge in [-0.15, -0.1) is 0 Å². The number of carboxylic acids is 1. The van der Waals surface area contributed by atoms with Crippen molar-refractivity contribution in [2.75, 3.05) is 26.2 Å². The molecule has 1 aliphatic heterocycles. The van der Waals surface area contributed by atoms with Crippen molar-refractivity contribution in [3.05, 3.63) is 71.8 Å². The van der Waals surface area contributed by atoms with Crippen molar-refractivity contribution < 1.29 is 18.7 Å². The Morgan fingerprint density at radius 1 is 1.06 bits per heavy atom. The summed E-state index contributed by atoms with van der Waals surface area (Å²) in [5, 5.41) is 9.54. The molecule has 1 unspecified atom stereocenters. The lowest BCUT2D eigenvalue weighted by Crippen LogP contribution is -2.45. The molecule has 2 aromatic carbocycles. The SMILES string of the molecule is O=C(O)CC(CCN1CCCC(F)(F)C1)N(CCc1ccccc1)Cc1ccccc1. The Labute approximate surface area is 183 Å². The maximum Gasteiger partial charge on any atom is 0.304 e. The summed E-state index contributed by atoms with van der Waals surface area (Å²) >= 11 is 0. The predicted octanol–water partition coefficient (Wildman–Crippen LogP) is 4.70. The van der Waals surface area contributed by atoms with Crippen LogP contribution in [0.4, 0.5) is 8.78 Å². The first kappa shape index (κ1) is 23.4. The Hall–Kier alpha value is -2.31. The summed E-state index contributed by atoms with van der Waals surface area (Å²) in [4.78, 5) is 15.6. The topological polar surface area (TPSA) is 43.8 Å². The van der Waals surface area contributed by atoms with Crippen molar-refractivity contribution in [3.8, 4) is 0 Å². The minimum absolute atomic E-state index is 0.00581. The van der Waals surface area contributed by atoms with E-state index in [1.165, 1.54) is 5.56 Å². The summed E-state index contributed by atoms with van der Waals surface area (Å²) in [6.07, 6.45) is 1.80. The lowest BCUT2D eigenvalue weighted by atomic mass is 10.0. The molecule has 0 bridgehead atoms. The number of hydrogen-bond donors (Lipinski definition) is 1. The van der Waals surface area contributed by atoms with Gasteiger partial charge in [-0.05, 0) is 43.5 Å². The van der Waals surface area contributed by atoms with Crippen molar-refractivity contribution in [2.45, 2.75) is 50.6 Å². The van der Waals surface area contributed by atoms with Gasteiger partial charge in [0.25, 0.3) is 5.92 Å². The van der Waals surface area contributed by atoms with Gasteiger partial charge in [-0.3, -0.25) is 14.6 Å². The quantitative estimate of drug-likeness (QED) is 0.561. The van der Waals surface area contributed by atoms with Crippen LogP contribution in [0.3, 0.4) is 0 Å². The maximum atomic E-state index is 13.8. The van der Waals surface area contributed by atoms with Gasteiger partial charge in [0, 0.05) is 25.6 Å². The molecule has 3 rings (SSSR count). The smallest absolute Gasteiger partial charge is 0.304 e. The van der Waals surface area contributed by atoms with E-state index < -0.39 is 11.9 Å². The number of aliphatic carboxylic acids is 1. The lowest BCUT2D eigenvalue weighted by Gasteiger charge is -2.36. The fourth-order valence-electron chi connectivity index (χ4n) is 4.31. The number of hydrogen-bond acceptors (Lipinski definition) is 3.